The first kappa shape index (κ1) is 23.6. The van der Waals surface area contributed by atoms with Gasteiger partial charge >= 0.3 is 6.09 Å². The van der Waals surface area contributed by atoms with Crippen molar-refractivity contribution < 1.29 is 14.3 Å². The maximum absolute atomic E-state index is 12.4. The van der Waals surface area contributed by atoms with Crippen molar-refractivity contribution in [2.75, 3.05) is 32.1 Å². The molecule has 7 heteroatoms. The fourth-order valence-electron chi connectivity index (χ4n) is 5.97. The Kier molecular flexibility index (Phi) is 6.30. The van der Waals surface area contributed by atoms with Crippen LogP contribution in [0.25, 0.3) is 22.0 Å². The summed E-state index contributed by atoms with van der Waals surface area (Å²) in [5.41, 5.74) is 4.15. The Morgan fingerprint density at radius 1 is 1.05 bits per heavy atom. The van der Waals surface area contributed by atoms with E-state index in [4.69, 9.17) is 14.6 Å². The topological polar surface area (TPSA) is 68.6 Å². The Balaban J connectivity index is 1.09. The molecular weight excluding hydrogens is 464 g/mol. The van der Waals surface area contributed by atoms with Crippen molar-refractivity contribution >= 4 is 22.6 Å². The molecule has 1 amide bonds. The second-order valence-corrected chi connectivity index (χ2v) is 10.1. The summed E-state index contributed by atoms with van der Waals surface area (Å²) in [5, 5.41) is 10.2. The number of nitrogens with one attached hydrogen (secondary N) is 1. The molecular formula is C30H32N4O3. The highest BCUT2D eigenvalue weighted by molar-refractivity contribution is 5.87. The fraction of sp³-hybridized carbons (Fsp3) is 0.333. The highest BCUT2D eigenvalue weighted by atomic mass is 16.5. The molecule has 0 saturated carbocycles. The molecule has 37 heavy (non-hydrogen) atoms. The van der Waals surface area contributed by atoms with Gasteiger partial charge < -0.3 is 9.47 Å². The molecule has 4 atom stereocenters. The maximum atomic E-state index is 12.4. The molecule has 3 aliphatic rings. The number of anilines is 1. The summed E-state index contributed by atoms with van der Waals surface area (Å²) in [4.78, 5) is 14.9. The number of methoxy groups -OCH3 is 1. The quantitative estimate of drug-likeness (QED) is 0.372. The van der Waals surface area contributed by atoms with E-state index in [9.17, 15) is 4.79 Å². The monoisotopic (exact) mass is 496 g/mol. The van der Waals surface area contributed by atoms with Crippen LogP contribution in [-0.2, 0) is 11.8 Å². The Hall–Kier alpha value is -3.84. The summed E-state index contributed by atoms with van der Waals surface area (Å²) in [7, 11) is 3.67. The number of carbonyl (C=O) groups excluding carboxylic acids is 1. The third-order valence-electron chi connectivity index (χ3n) is 7.96. The number of fused-ring (bicyclic) bond motifs is 4. The predicted octanol–water partition coefficient (Wildman–Crippen LogP) is 5.68. The van der Waals surface area contributed by atoms with Gasteiger partial charge in [0, 0.05) is 42.5 Å². The molecule has 2 bridgehead atoms. The van der Waals surface area contributed by atoms with E-state index in [1.165, 1.54) is 16.5 Å². The van der Waals surface area contributed by atoms with Crippen LogP contribution in [0.3, 0.4) is 0 Å². The molecule has 4 aromatic rings. The lowest BCUT2D eigenvalue weighted by atomic mass is 9.74. The van der Waals surface area contributed by atoms with Crippen LogP contribution in [0.2, 0.25) is 0 Å². The zero-order valence-electron chi connectivity index (χ0n) is 21.3. The standard InChI is InChI=1S/C30H32N4O3/c1-33-29(17-28(32-33)23-8-7-20-5-3-4-6-21(20)15-23)27-18-34-14-13-22(27)16-25(34)19-37-30(35)31-24-9-11-26(36-2)12-10-24/h3-12,15,17,22,25,27H,13-14,16,18-19H2,1-2H3,(H,31,35). The molecule has 0 radical (unpaired) electrons. The lowest BCUT2D eigenvalue weighted by Crippen LogP contribution is -2.54. The molecule has 1 N–H and O–H groups in total. The van der Waals surface area contributed by atoms with Crippen molar-refractivity contribution in [3.63, 3.8) is 0 Å². The summed E-state index contributed by atoms with van der Waals surface area (Å²) in [6.07, 6.45) is 1.77. The summed E-state index contributed by atoms with van der Waals surface area (Å²) in [6, 6.07) is 24.7. The number of rotatable bonds is 6. The van der Waals surface area contributed by atoms with Crippen LogP contribution in [-0.4, -0.2) is 53.6 Å². The maximum Gasteiger partial charge on any atom is 0.411 e. The summed E-state index contributed by atoms with van der Waals surface area (Å²) >= 11 is 0. The smallest absolute Gasteiger partial charge is 0.411 e. The minimum absolute atomic E-state index is 0.254. The molecule has 7 nitrogen and oxygen atoms in total. The molecule has 190 valence electrons. The van der Waals surface area contributed by atoms with Crippen LogP contribution in [0.4, 0.5) is 10.5 Å². The van der Waals surface area contributed by atoms with E-state index >= 15 is 0 Å². The van der Waals surface area contributed by atoms with Crippen molar-refractivity contribution in [3.05, 3.63) is 78.5 Å². The number of nitrogens with zero attached hydrogens (tertiary/aromatic N) is 3. The molecule has 0 spiro atoms. The second-order valence-electron chi connectivity index (χ2n) is 10.1. The van der Waals surface area contributed by atoms with Crippen molar-refractivity contribution in [1.29, 1.82) is 0 Å². The second kappa shape index (κ2) is 9.90. The number of hydrogen-bond acceptors (Lipinski definition) is 5. The normalized spacial score (nSPS) is 22.6. The molecule has 7 rings (SSSR count). The fourth-order valence-corrected chi connectivity index (χ4v) is 5.97. The number of hydrogen-bond donors (Lipinski definition) is 1. The largest absolute Gasteiger partial charge is 0.497 e. The summed E-state index contributed by atoms with van der Waals surface area (Å²) in [6.45, 7) is 2.42. The average molecular weight is 497 g/mol. The van der Waals surface area contributed by atoms with Gasteiger partial charge in [0.05, 0.1) is 12.8 Å². The van der Waals surface area contributed by atoms with E-state index in [1.54, 1.807) is 19.2 Å². The lowest BCUT2D eigenvalue weighted by Gasteiger charge is -2.49. The van der Waals surface area contributed by atoms with E-state index < -0.39 is 6.09 Å². The SMILES string of the molecule is COc1ccc(NC(=O)OCC2CC3CCN2CC3c2cc(-c3ccc4ccccc4c3)nn2C)cc1. The van der Waals surface area contributed by atoms with E-state index in [2.05, 4.69) is 70.5 Å². The zero-order chi connectivity index (χ0) is 25.4. The Morgan fingerprint density at radius 3 is 2.62 bits per heavy atom. The van der Waals surface area contributed by atoms with Crippen LogP contribution in [0.5, 0.6) is 5.75 Å². The molecule has 3 aliphatic heterocycles. The van der Waals surface area contributed by atoms with Gasteiger partial charge in [-0.05, 0) is 72.5 Å². The predicted molar refractivity (Wildman–Crippen MR) is 145 cm³/mol. The highest BCUT2D eigenvalue weighted by Crippen LogP contribution is 2.42. The van der Waals surface area contributed by atoms with Gasteiger partial charge in [0.15, 0.2) is 0 Å². The number of carbonyl (C=O) groups is 1. The zero-order valence-corrected chi connectivity index (χ0v) is 21.3. The van der Waals surface area contributed by atoms with Gasteiger partial charge in [-0.1, -0.05) is 36.4 Å². The van der Waals surface area contributed by atoms with E-state index in [0.717, 1.165) is 42.9 Å². The van der Waals surface area contributed by atoms with Gasteiger partial charge in [0.25, 0.3) is 0 Å². The highest BCUT2D eigenvalue weighted by Gasteiger charge is 2.42. The van der Waals surface area contributed by atoms with Gasteiger partial charge in [0.2, 0.25) is 0 Å². The first-order chi connectivity index (χ1) is 18.1. The number of benzene rings is 3. The molecule has 1 aromatic heterocycles. The first-order valence-electron chi connectivity index (χ1n) is 12.9. The van der Waals surface area contributed by atoms with Crippen LogP contribution < -0.4 is 10.1 Å². The van der Waals surface area contributed by atoms with Gasteiger partial charge in [-0.15, -0.1) is 0 Å². The molecule has 3 fully saturated rings. The van der Waals surface area contributed by atoms with Gasteiger partial charge in [0.1, 0.15) is 12.4 Å². The van der Waals surface area contributed by atoms with Gasteiger partial charge in [-0.3, -0.25) is 14.9 Å². The molecule has 3 aromatic carbocycles. The Morgan fingerprint density at radius 2 is 1.86 bits per heavy atom. The average Bonchev–Trinajstić information content (AvgIpc) is 3.33. The van der Waals surface area contributed by atoms with Crippen LogP contribution in [0.1, 0.15) is 24.5 Å². The number of aryl methyl sites for hydroxylation is 1. The van der Waals surface area contributed by atoms with Gasteiger partial charge in [-0.2, -0.15) is 5.10 Å². The Labute approximate surface area is 217 Å². The summed E-state index contributed by atoms with van der Waals surface area (Å²) in [5.74, 6) is 1.74. The third-order valence-corrected chi connectivity index (χ3v) is 7.96. The number of piperidine rings is 3. The van der Waals surface area contributed by atoms with Gasteiger partial charge in [-0.25, -0.2) is 4.79 Å². The minimum atomic E-state index is -0.420. The van der Waals surface area contributed by atoms with Crippen molar-refractivity contribution in [2.24, 2.45) is 13.0 Å². The minimum Gasteiger partial charge on any atom is -0.497 e. The van der Waals surface area contributed by atoms with Crippen molar-refractivity contribution in [2.45, 2.75) is 24.8 Å². The number of aromatic nitrogens is 2. The molecule has 0 aliphatic carbocycles. The van der Waals surface area contributed by atoms with Crippen LogP contribution in [0, 0.1) is 5.92 Å². The van der Waals surface area contributed by atoms with E-state index in [-0.39, 0.29) is 6.04 Å². The molecule has 4 heterocycles. The van der Waals surface area contributed by atoms with Crippen molar-refractivity contribution in [1.82, 2.24) is 14.7 Å². The first-order valence-corrected chi connectivity index (χ1v) is 12.9. The van der Waals surface area contributed by atoms with Crippen LogP contribution in [0.15, 0.2) is 72.8 Å². The number of amides is 1. The lowest BCUT2D eigenvalue weighted by molar-refractivity contribution is -0.00222. The number of ether oxygens (including phenoxy) is 2. The van der Waals surface area contributed by atoms with Crippen molar-refractivity contribution in [3.8, 4) is 17.0 Å². The third kappa shape index (κ3) is 4.79. The molecule has 4 unspecified atom stereocenters. The van der Waals surface area contributed by atoms with E-state index in [1.807, 2.05) is 12.1 Å². The van der Waals surface area contributed by atoms with Crippen LogP contribution >= 0.6 is 0 Å². The summed E-state index contributed by atoms with van der Waals surface area (Å²) < 4.78 is 12.8. The Bertz CT molecular complexity index is 1410. The van der Waals surface area contributed by atoms with E-state index in [0.29, 0.717) is 24.1 Å². The molecule has 3 saturated heterocycles.